The Kier molecular flexibility index (Phi) is 3.02. The van der Waals surface area contributed by atoms with Gasteiger partial charge in [-0.15, -0.1) is 0 Å². The molecule has 0 aliphatic carbocycles. The van der Waals surface area contributed by atoms with Crippen LogP contribution in [0.5, 0.6) is 0 Å². The van der Waals surface area contributed by atoms with E-state index in [1.165, 1.54) is 0 Å². The van der Waals surface area contributed by atoms with Crippen molar-refractivity contribution in [3.63, 3.8) is 0 Å². The molecule has 2 atom stereocenters. The van der Waals surface area contributed by atoms with E-state index >= 15 is 0 Å². The average molecular weight is 262 g/mol. The Labute approximate surface area is 112 Å². The van der Waals surface area contributed by atoms with Gasteiger partial charge in [0.05, 0.1) is 12.1 Å². The summed E-state index contributed by atoms with van der Waals surface area (Å²) in [5.74, 6) is 0.830. The summed E-state index contributed by atoms with van der Waals surface area (Å²) in [6, 6.07) is 3.96. The van der Waals surface area contributed by atoms with E-state index < -0.39 is 6.10 Å². The highest BCUT2D eigenvalue weighted by atomic mass is 16.3. The maximum Gasteiger partial charge on any atom is 0.317 e. The molecule has 2 aliphatic heterocycles. The molecule has 0 bridgehead atoms. The van der Waals surface area contributed by atoms with E-state index in [1.807, 2.05) is 17.0 Å². The van der Waals surface area contributed by atoms with Crippen molar-refractivity contribution in [2.24, 2.45) is 0 Å². The number of hydrogen-bond donors (Lipinski definition) is 2. The lowest BCUT2D eigenvalue weighted by molar-refractivity contribution is 0.193. The van der Waals surface area contributed by atoms with Crippen molar-refractivity contribution in [2.45, 2.75) is 19.1 Å². The number of anilines is 1. The number of amides is 2. The molecule has 2 N–H and O–H groups in total. The van der Waals surface area contributed by atoms with Gasteiger partial charge in [-0.1, -0.05) is 6.07 Å². The predicted molar refractivity (Wildman–Crippen MR) is 71.0 cm³/mol. The molecular formula is C13H18N4O2. The number of fused-ring (bicyclic) bond motifs is 1. The highest BCUT2D eigenvalue weighted by molar-refractivity contribution is 5.77. The molecule has 0 saturated carbocycles. The standard InChI is InChI=1S/C13H18N4O2/c1-9(18)11-3-2-4-14-12(11)16-5-6-17-10(8-16)7-15-13(17)19/h2-4,9-10,18H,5-8H2,1H3,(H,15,19)/t9-,10?/m1/s1. The first kappa shape index (κ1) is 12.2. The van der Waals surface area contributed by atoms with Crippen LogP contribution in [0, 0.1) is 0 Å². The molecular weight excluding hydrogens is 244 g/mol. The number of carbonyl (C=O) groups is 1. The number of carbonyl (C=O) groups excluding carboxylic acids is 1. The fourth-order valence-electron chi connectivity index (χ4n) is 2.80. The normalized spacial score (nSPS) is 24.1. The summed E-state index contributed by atoms with van der Waals surface area (Å²) >= 11 is 0. The van der Waals surface area contributed by atoms with Gasteiger partial charge in [0.25, 0.3) is 0 Å². The maximum absolute atomic E-state index is 11.6. The Morgan fingerprint density at radius 3 is 3.16 bits per heavy atom. The highest BCUT2D eigenvalue weighted by Crippen LogP contribution is 2.26. The largest absolute Gasteiger partial charge is 0.389 e. The van der Waals surface area contributed by atoms with E-state index in [0.29, 0.717) is 13.1 Å². The molecule has 0 aromatic carbocycles. The van der Waals surface area contributed by atoms with Crippen LogP contribution in [-0.2, 0) is 0 Å². The van der Waals surface area contributed by atoms with Crippen molar-refractivity contribution in [1.29, 1.82) is 0 Å². The van der Waals surface area contributed by atoms with E-state index in [2.05, 4.69) is 15.2 Å². The van der Waals surface area contributed by atoms with Crippen LogP contribution in [0.3, 0.4) is 0 Å². The predicted octanol–water partition coefficient (Wildman–Crippen LogP) is 0.349. The molecule has 2 fully saturated rings. The SMILES string of the molecule is C[C@@H](O)c1cccnc1N1CCN2C(=O)NCC2C1. The molecule has 0 spiro atoms. The fraction of sp³-hybridized carbons (Fsp3) is 0.538. The van der Waals surface area contributed by atoms with E-state index in [0.717, 1.165) is 24.5 Å². The number of aliphatic hydroxyl groups excluding tert-OH is 1. The van der Waals surface area contributed by atoms with E-state index in [4.69, 9.17) is 0 Å². The third-order valence-electron chi connectivity index (χ3n) is 3.80. The van der Waals surface area contributed by atoms with Gasteiger partial charge >= 0.3 is 6.03 Å². The monoisotopic (exact) mass is 262 g/mol. The van der Waals surface area contributed by atoms with Crippen LogP contribution in [0.25, 0.3) is 0 Å². The molecule has 19 heavy (non-hydrogen) atoms. The number of hydrogen-bond acceptors (Lipinski definition) is 4. The van der Waals surface area contributed by atoms with Gasteiger partial charge in [0, 0.05) is 37.9 Å². The fourth-order valence-corrected chi connectivity index (χ4v) is 2.80. The molecule has 2 aliphatic rings. The van der Waals surface area contributed by atoms with Crippen molar-refractivity contribution >= 4 is 11.8 Å². The summed E-state index contributed by atoms with van der Waals surface area (Å²) in [5.41, 5.74) is 0.841. The van der Waals surface area contributed by atoms with Crippen LogP contribution < -0.4 is 10.2 Å². The van der Waals surface area contributed by atoms with Crippen molar-refractivity contribution in [3.8, 4) is 0 Å². The minimum Gasteiger partial charge on any atom is -0.389 e. The molecule has 2 saturated heterocycles. The number of nitrogens with one attached hydrogen (secondary N) is 1. The summed E-state index contributed by atoms with van der Waals surface area (Å²) in [6.45, 7) is 4.64. The van der Waals surface area contributed by atoms with E-state index in [1.54, 1.807) is 13.1 Å². The van der Waals surface area contributed by atoms with Crippen LogP contribution in [0.4, 0.5) is 10.6 Å². The van der Waals surface area contributed by atoms with E-state index in [-0.39, 0.29) is 12.1 Å². The van der Waals surface area contributed by atoms with Crippen LogP contribution in [0.2, 0.25) is 0 Å². The third-order valence-corrected chi connectivity index (χ3v) is 3.80. The van der Waals surface area contributed by atoms with Gasteiger partial charge in [0.2, 0.25) is 0 Å². The second kappa shape index (κ2) is 4.70. The molecule has 3 heterocycles. The first-order valence-electron chi connectivity index (χ1n) is 6.59. The Morgan fingerprint density at radius 1 is 1.53 bits per heavy atom. The Bertz CT molecular complexity index is 491. The maximum atomic E-state index is 11.6. The van der Waals surface area contributed by atoms with Gasteiger partial charge in [-0.2, -0.15) is 0 Å². The van der Waals surface area contributed by atoms with Crippen LogP contribution >= 0.6 is 0 Å². The summed E-state index contributed by atoms with van der Waals surface area (Å²) in [6.07, 6.45) is 1.20. The summed E-state index contributed by atoms with van der Waals surface area (Å²) in [4.78, 5) is 20.0. The summed E-state index contributed by atoms with van der Waals surface area (Å²) < 4.78 is 0. The van der Waals surface area contributed by atoms with Gasteiger partial charge in [0.15, 0.2) is 0 Å². The Morgan fingerprint density at radius 2 is 2.37 bits per heavy atom. The zero-order chi connectivity index (χ0) is 13.4. The number of piperazine rings is 1. The molecule has 1 unspecified atom stereocenters. The molecule has 0 radical (unpaired) electrons. The minimum atomic E-state index is -0.537. The van der Waals surface area contributed by atoms with Gasteiger partial charge in [0.1, 0.15) is 5.82 Å². The van der Waals surface area contributed by atoms with Crippen LogP contribution in [0.15, 0.2) is 18.3 Å². The molecule has 3 rings (SSSR count). The van der Waals surface area contributed by atoms with Crippen molar-refractivity contribution in [1.82, 2.24) is 15.2 Å². The summed E-state index contributed by atoms with van der Waals surface area (Å²) in [5, 5.41) is 12.7. The van der Waals surface area contributed by atoms with Gasteiger partial charge in [-0.05, 0) is 13.0 Å². The second-order valence-electron chi connectivity index (χ2n) is 5.07. The van der Waals surface area contributed by atoms with Gasteiger partial charge in [-0.3, -0.25) is 0 Å². The quantitative estimate of drug-likeness (QED) is 0.807. The zero-order valence-corrected chi connectivity index (χ0v) is 10.9. The first-order valence-corrected chi connectivity index (χ1v) is 6.59. The van der Waals surface area contributed by atoms with Crippen molar-refractivity contribution in [3.05, 3.63) is 23.9 Å². The number of pyridine rings is 1. The summed E-state index contributed by atoms with van der Waals surface area (Å²) in [7, 11) is 0. The lowest BCUT2D eigenvalue weighted by Gasteiger charge is -2.38. The first-order chi connectivity index (χ1) is 9.16. The second-order valence-corrected chi connectivity index (χ2v) is 5.07. The van der Waals surface area contributed by atoms with Gasteiger partial charge in [-0.25, -0.2) is 9.78 Å². The molecule has 6 heteroatoms. The molecule has 1 aromatic rings. The third kappa shape index (κ3) is 2.12. The number of urea groups is 1. The van der Waals surface area contributed by atoms with Gasteiger partial charge < -0.3 is 20.2 Å². The number of rotatable bonds is 2. The molecule has 2 amide bonds. The van der Waals surface area contributed by atoms with Crippen LogP contribution in [0.1, 0.15) is 18.6 Å². The molecule has 102 valence electrons. The smallest absolute Gasteiger partial charge is 0.317 e. The minimum absolute atomic E-state index is 0.0291. The van der Waals surface area contributed by atoms with Crippen LogP contribution in [-0.4, -0.2) is 53.2 Å². The number of aromatic nitrogens is 1. The van der Waals surface area contributed by atoms with E-state index in [9.17, 15) is 9.90 Å². The zero-order valence-electron chi connectivity index (χ0n) is 10.9. The average Bonchev–Trinajstić information content (AvgIpc) is 2.80. The lowest BCUT2D eigenvalue weighted by Crippen LogP contribution is -2.52. The lowest BCUT2D eigenvalue weighted by atomic mass is 10.1. The Balaban J connectivity index is 1.83. The number of aliphatic hydroxyl groups is 1. The molecule has 1 aromatic heterocycles. The Hall–Kier alpha value is -1.82. The molecule has 6 nitrogen and oxygen atoms in total. The van der Waals surface area contributed by atoms with Crippen molar-refractivity contribution < 1.29 is 9.90 Å². The topological polar surface area (TPSA) is 68.7 Å². The van der Waals surface area contributed by atoms with Crippen molar-refractivity contribution in [2.75, 3.05) is 31.1 Å². The number of nitrogens with zero attached hydrogens (tertiary/aromatic N) is 3. The highest BCUT2D eigenvalue weighted by Gasteiger charge is 2.36.